The second-order valence-corrected chi connectivity index (χ2v) is 6.49. The molecule has 30 heavy (non-hydrogen) atoms. The lowest BCUT2D eigenvalue weighted by molar-refractivity contribution is -0.112. The van der Waals surface area contributed by atoms with Crippen LogP contribution in [0.2, 0.25) is 0 Å². The molecule has 0 unspecified atom stereocenters. The summed E-state index contributed by atoms with van der Waals surface area (Å²) in [5, 5.41) is 23.8. The topological polar surface area (TPSA) is 86.9 Å². The van der Waals surface area contributed by atoms with Gasteiger partial charge in [0.25, 0.3) is 5.91 Å². The molecule has 4 aromatic rings. The number of azo groups is 1. The van der Waals surface area contributed by atoms with Gasteiger partial charge in [0.15, 0.2) is 11.5 Å². The first-order valence-corrected chi connectivity index (χ1v) is 9.31. The van der Waals surface area contributed by atoms with Gasteiger partial charge in [-0.2, -0.15) is 5.11 Å². The van der Waals surface area contributed by atoms with Crippen molar-refractivity contribution in [3.05, 3.63) is 109 Å². The summed E-state index contributed by atoms with van der Waals surface area (Å²) < 4.78 is 0. The van der Waals surface area contributed by atoms with Crippen molar-refractivity contribution in [2.24, 2.45) is 10.2 Å². The third kappa shape index (κ3) is 4.39. The smallest absolute Gasteiger partial charge is 0.280 e. The summed E-state index contributed by atoms with van der Waals surface area (Å²) >= 11 is 0. The van der Waals surface area contributed by atoms with Crippen molar-refractivity contribution in [2.75, 3.05) is 5.32 Å². The molecule has 4 rings (SSSR count). The molecule has 0 aliphatic heterocycles. The molecule has 0 radical (unpaired) electrons. The highest BCUT2D eigenvalue weighted by atomic mass is 16.3. The maximum Gasteiger partial charge on any atom is 0.280 e. The molecular formula is C24H18N4O2. The molecule has 1 heterocycles. The van der Waals surface area contributed by atoms with Crippen LogP contribution in [0.3, 0.4) is 0 Å². The molecule has 0 aliphatic rings. The zero-order valence-corrected chi connectivity index (χ0v) is 15.9. The number of fused-ring (bicyclic) bond motifs is 1. The second-order valence-electron chi connectivity index (χ2n) is 6.49. The van der Waals surface area contributed by atoms with Gasteiger partial charge < -0.3 is 10.4 Å². The zero-order chi connectivity index (χ0) is 20.8. The summed E-state index contributed by atoms with van der Waals surface area (Å²) in [7, 11) is 0. The minimum atomic E-state index is -0.589. The molecule has 0 atom stereocenters. The number of pyridine rings is 1. The predicted molar refractivity (Wildman–Crippen MR) is 117 cm³/mol. The number of hydrogen-bond donors (Lipinski definition) is 2. The number of benzene rings is 3. The molecule has 3 aromatic carbocycles. The maximum atomic E-state index is 12.9. The molecule has 0 bridgehead atoms. The minimum Gasteiger partial charge on any atom is -0.505 e. The fourth-order valence-corrected chi connectivity index (χ4v) is 2.91. The van der Waals surface area contributed by atoms with Gasteiger partial charge >= 0.3 is 0 Å². The highest BCUT2D eigenvalue weighted by Crippen LogP contribution is 2.24. The van der Waals surface area contributed by atoms with Crippen LogP contribution in [0.5, 0.6) is 0 Å². The number of hydrogen-bond acceptors (Lipinski definition) is 5. The van der Waals surface area contributed by atoms with Crippen molar-refractivity contribution in [2.45, 2.75) is 0 Å². The van der Waals surface area contributed by atoms with E-state index in [1.165, 1.54) is 6.20 Å². The molecule has 0 fully saturated rings. The Morgan fingerprint density at radius 1 is 0.867 bits per heavy atom. The van der Waals surface area contributed by atoms with Crippen molar-refractivity contribution in [1.82, 2.24) is 4.98 Å². The van der Waals surface area contributed by atoms with Crippen LogP contribution >= 0.6 is 0 Å². The normalized spacial score (nSPS) is 12.0. The number of nitrogens with one attached hydrogen (secondary N) is 1. The molecule has 1 aromatic heterocycles. The number of carbonyl (C=O) groups is 1. The number of rotatable bonds is 5. The first kappa shape index (κ1) is 19.0. The molecule has 0 saturated carbocycles. The lowest BCUT2D eigenvalue weighted by Crippen LogP contribution is -2.15. The number of carbonyl (C=O) groups excluding carboxylic acids is 1. The fourth-order valence-electron chi connectivity index (χ4n) is 2.91. The van der Waals surface area contributed by atoms with Crippen molar-refractivity contribution in [1.29, 1.82) is 0 Å². The third-order valence-electron chi connectivity index (χ3n) is 4.40. The van der Waals surface area contributed by atoms with Gasteiger partial charge in [-0.3, -0.25) is 9.78 Å². The highest BCUT2D eigenvalue weighted by molar-refractivity contribution is 6.07. The lowest BCUT2D eigenvalue weighted by Gasteiger charge is -2.07. The van der Waals surface area contributed by atoms with Crippen LogP contribution < -0.4 is 5.32 Å². The van der Waals surface area contributed by atoms with E-state index in [-0.39, 0.29) is 11.5 Å². The average molecular weight is 394 g/mol. The summed E-state index contributed by atoms with van der Waals surface area (Å²) in [6, 6.07) is 25.6. The quantitative estimate of drug-likeness (QED) is 0.252. The van der Waals surface area contributed by atoms with Crippen LogP contribution in [0.15, 0.2) is 113 Å². The molecule has 0 saturated heterocycles. The Morgan fingerprint density at radius 3 is 2.40 bits per heavy atom. The molecule has 146 valence electrons. The minimum absolute atomic E-state index is 0.196. The fraction of sp³-hybridized carbons (Fsp3) is 0. The first-order chi connectivity index (χ1) is 14.7. The number of nitrogens with zero attached hydrogens (tertiary/aromatic N) is 3. The summed E-state index contributed by atoms with van der Waals surface area (Å²) in [4.78, 5) is 16.8. The van der Waals surface area contributed by atoms with Crippen LogP contribution in [0.4, 0.5) is 11.4 Å². The van der Waals surface area contributed by atoms with Crippen LogP contribution in [0.1, 0.15) is 5.56 Å². The van der Waals surface area contributed by atoms with E-state index in [2.05, 4.69) is 20.5 Å². The molecule has 6 heteroatoms. The Hall–Kier alpha value is -4.32. The van der Waals surface area contributed by atoms with Crippen molar-refractivity contribution >= 4 is 33.8 Å². The Labute approximate surface area is 173 Å². The molecule has 1 amide bonds. The largest absolute Gasteiger partial charge is 0.505 e. The van der Waals surface area contributed by atoms with Crippen molar-refractivity contribution < 1.29 is 9.90 Å². The van der Waals surface area contributed by atoms with E-state index < -0.39 is 5.91 Å². The molecule has 0 spiro atoms. The van der Waals surface area contributed by atoms with Gasteiger partial charge in [0.1, 0.15) is 0 Å². The van der Waals surface area contributed by atoms with E-state index in [0.717, 1.165) is 10.8 Å². The Balaban J connectivity index is 1.70. The van der Waals surface area contributed by atoms with Crippen LogP contribution in [0, 0.1) is 0 Å². The third-order valence-corrected chi connectivity index (χ3v) is 4.40. The number of aromatic nitrogens is 1. The zero-order valence-electron chi connectivity index (χ0n) is 15.9. The van der Waals surface area contributed by atoms with Gasteiger partial charge in [-0.05, 0) is 35.0 Å². The summed E-state index contributed by atoms with van der Waals surface area (Å²) in [6.45, 7) is 0. The molecule has 2 N–H and O–H groups in total. The van der Waals surface area contributed by atoms with E-state index in [4.69, 9.17) is 0 Å². The number of aliphatic hydroxyl groups is 1. The highest BCUT2D eigenvalue weighted by Gasteiger charge is 2.17. The molecule has 0 aliphatic carbocycles. The number of anilines is 1. The Morgan fingerprint density at radius 2 is 1.63 bits per heavy atom. The van der Waals surface area contributed by atoms with E-state index in [1.54, 1.807) is 42.6 Å². The first-order valence-electron chi connectivity index (χ1n) is 9.31. The molecular weight excluding hydrogens is 376 g/mol. The predicted octanol–water partition coefficient (Wildman–Crippen LogP) is 5.88. The van der Waals surface area contributed by atoms with E-state index in [9.17, 15) is 9.90 Å². The summed E-state index contributed by atoms with van der Waals surface area (Å²) in [5.41, 5.74) is 1.33. The lowest BCUT2D eigenvalue weighted by atomic mass is 10.1. The van der Waals surface area contributed by atoms with Gasteiger partial charge in [-0.15, -0.1) is 5.11 Å². The van der Waals surface area contributed by atoms with E-state index in [0.29, 0.717) is 16.9 Å². The Kier molecular flexibility index (Phi) is 5.57. The monoisotopic (exact) mass is 394 g/mol. The standard InChI is InChI=1S/C24H18N4O2/c29-23(18-8-2-1-3-9-18)22(24(30)26-21-11-6-14-25-16-21)28-27-20-13-12-17-7-4-5-10-19(17)15-20/h1-16,29H,(H,26,30)/b23-22-,28-27?. The number of amides is 1. The summed E-state index contributed by atoms with van der Waals surface area (Å²) in [5.74, 6) is -0.851. The molecule has 6 nitrogen and oxygen atoms in total. The van der Waals surface area contributed by atoms with Gasteiger partial charge in [0, 0.05) is 11.8 Å². The SMILES string of the molecule is O=C(Nc1cccnc1)/C(N=Nc1ccc2ccccc2c1)=C(/O)c1ccccc1. The van der Waals surface area contributed by atoms with Gasteiger partial charge in [0.05, 0.1) is 17.6 Å². The van der Waals surface area contributed by atoms with Gasteiger partial charge in [-0.25, -0.2) is 0 Å². The number of aliphatic hydroxyl groups excluding tert-OH is 1. The van der Waals surface area contributed by atoms with Crippen molar-refractivity contribution in [3.63, 3.8) is 0 Å². The second kappa shape index (κ2) is 8.79. The van der Waals surface area contributed by atoms with Gasteiger partial charge in [-0.1, -0.05) is 60.7 Å². The van der Waals surface area contributed by atoms with E-state index >= 15 is 0 Å². The Bertz CT molecular complexity index is 1240. The van der Waals surface area contributed by atoms with Crippen LogP contribution in [-0.4, -0.2) is 16.0 Å². The van der Waals surface area contributed by atoms with Crippen LogP contribution in [0.25, 0.3) is 16.5 Å². The van der Waals surface area contributed by atoms with Gasteiger partial charge in [0.2, 0.25) is 0 Å². The average Bonchev–Trinajstić information content (AvgIpc) is 2.80. The van der Waals surface area contributed by atoms with E-state index in [1.807, 2.05) is 48.5 Å². The van der Waals surface area contributed by atoms with Crippen LogP contribution in [-0.2, 0) is 4.79 Å². The maximum absolute atomic E-state index is 12.9. The van der Waals surface area contributed by atoms with Crippen molar-refractivity contribution in [3.8, 4) is 0 Å². The summed E-state index contributed by atoms with van der Waals surface area (Å²) in [6.07, 6.45) is 3.11.